The van der Waals surface area contributed by atoms with Gasteiger partial charge < -0.3 is 24.8 Å². The maximum atomic E-state index is 12.6. The summed E-state index contributed by atoms with van der Waals surface area (Å²) in [6.07, 6.45) is 1.84. The standard InChI is InChI=1S/C20H28N2O6/c1-13(2)19(20(25)26)21-17(23)10-11-22(14-8-9-14)18(24)12-28-16-7-5-4-6-15(16)27-3/h4-7,13-14,19H,8-12H2,1-3H3,(H,21,23)(H,25,26). The monoisotopic (exact) mass is 392 g/mol. The predicted molar refractivity (Wildman–Crippen MR) is 102 cm³/mol. The molecule has 0 bridgehead atoms. The summed E-state index contributed by atoms with van der Waals surface area (Å²) >= 11 is 0. The Kier molecular flexibility index (Phi) is 7.66. The number of aliphatic carboxylic acids is 1. The van der Waals surface area contributed by atoms with E-state index in [1.165, 1.54) is 7.11 Å². The van der Waals surface area contributed by atoms with Crippen molar-refractivity contribution in [3.63, 3.8) is 0 Å². The molecule has 0 radical (unpaired) electrons. The average molecular weight is 392 g/mol. The molecule has 0 saturated heterocycles. The molecule has 1 aliphatic rings. The van der Waals surface area contributed by atoms with Gasteiger partial charge in [0.15, 0.2) is 18.1 Å². The second-order valence-corrected chi connectivity index (χ2v) is 7.14. The summed E-state index contributed by atoms with van der Waals surface area (Å²) in [7, 11) is 1.53. The van der Waals surface area contributed by atoms with Crippen LogP contribution >= 0.6 is 0 Å². The van der Waals surface area contributed by atoms with Gasteiger partial charge in [-0.2, -0.15) is 0 Å². The molecule has 0 aromatic heterocycles. The van der Waals surface area contributed by atoms with Crippen molar-refractivity contribution in [1.29, 1.82) is 0 Å². The number of benzene rings is 1. The number of rotatable bonds is 11. The molecule has 0 spiro atoms. The van der Waals surface area contributed by atoms with Crippen LogP contribution in [0.4, 0.5) is 0 Å². The molecule has 0 aliphatic heterocycles. The highest BCUT2D eigenvalue weighted by Gasteiger charge is 2.33. The number of nitrogens with one attached hydrogen (secondary N) is 1. The Morgan fingerprint density at radius 2 is 1.86 bits per heavy atom. The number of ether oxygens (including phenoxy) is 2. The number of para-hydroxylation sites is 2. The SMILES string of the molecule is COc1ccccc1OCC(=O)N(CCC(=O)NC(C(=O)O)C(C)C)C1CC1. The smallest absolute Gasteiger partial charge is 0.326 e. The fourth-order valence-corrected chi connectivity index (χ4v) is 2.84. The van der Waals surface area contributed by atoms with Gasteiger partial charge in [-0.15, -0.1) is 0 Å². The van der Waals surface area contributed by atoms with Crippen molar-refractivity contribution >= 4 is 17.8 Å². The molecule has 1 unspecified atom stereocenters. The zero-order valence-corrected chi connectivity index (χ0v) is 16.5. The lowest BCUT2D eigenvalue weighted by Gasteiger charge is -2.23. The third kappa shape index (κ3) is 6.14. The van der Waals surface area contributed by atoms with E-state index in [4.69, 9.17) is 9.47 Å². The molecule has 8 heteroatoms. The molecule has 1 fully saturated rings. The maximum Gasteiger partial charge on any atom is 0.326 e. The summed E-state index contributed by atoms with van der Waals surface area (Å²) < 4.78 is 10.8. The molecule has 2 N–H and O–H groups in total. The van der Waals surface area contributed by atoms with Crippen LogP contribution in [0.15, 0.2) is 24.3 Å². The van der Waals surface area contributed by atoms with Gasteiger partial charge in [0.25, 0.3) is 5.91 Å². The Bertz CT molecular complexity index is 702. The molecule has 2 rings (SSSR count). The number of hydrogen-bond donors (Lipinski definition) is 2. The number of nitrogens with zero attached hydrogens (tertiary/aromatic N) is 1. The molecule has 1 aliphatic carbocycles. The molecule has 1 saturated carbocycles. The molecule has 154 valence electrons. The topological polar surface area (TPSA) is 105 Å². The summed E-state index contributed by atoms with van der Waals surface area (Å²) in [5, 5.41) is 11.7. The Morgan fingerprint density at radius 1 is 1.21 bits per heavy atom. The number of carboxylic acids is 1. The quantitative estimate of drug-likeness (QED) is 0.594. The highest BCUT2D eigenvalue weighted by atomic mass is 16.5. The largest absolute Gasteiger partial charge is 0.493 e. The summed E-state index contributed by atoms with van der Waals surface area (Å²) in [4.78, 5) is 37.6. The van der Waals surface area contributed by atoms with Gasteiger partial charge in [-0.3, -0.25) is 9.59 Å². The van der Waals surface area contributed by atoms with Gasteiger partial charge in [0.05, 0.1) is 7.11 Å². The van der Waals surface area contributed by atoms with Gasteiger partial charge in [0, 0.05) is 19.0 Å². The van der Waals surface area contributed by atoms with Crippen LogP contribution < -0.4 is 14.8 Å². The van der Waals surface area contributed by atoms with Crippen molar-refractivity contribution in [3.05, 3.63) is 24.3 Å². The number of carboxylic acid groups (broad SMARTS) is 1. The van der Waals surface area contributed by atoms with Gasteiger partial charge in [-0.05, 0) is 30.9 Å². The number of carbonyl (C=O) groups is 3. The van der Waals surface area contributed by atoms with Crippen molar-refractivity contribution in [2.45, 2.75) is 45.2 Å². The first kappa shape index (κ1) is 21.5. The minimum absolute atomic E-state index is 0.0490. The molecule has 2 amide bonds. The minimum atomic E-state index is -1.07. The van der Waals surface area contributed by atoms with Crippen LogP contribution in [-0.2, 0) is 14.4 Å². The van der Waals surface area contributed by atoms with Crippen LogP contribution in [0.2, 0.25) is 0 Å². The zero-order chi connectivity index (χ0) is 20.7. The number of hydrogen-bond acceptors (Lipinski definition) is 5. The number of amides is 2. The van der Waals surface area contributed by atoms with Crippen LogP contribution in [0, 0.1) is 5.92 Å². The highest BCUT2D eigenvalue weighted by molar-refractivity contribution is 5.84. The molecule has 1 aromatic carbocycles. The Morgan fingerprint density at radius 3 is 2.39 bits per heavy atom. The summed E-state index contributed by atoms with van der Waals surface area (Å²) in [5.74, 6) is -0.861. The fourth-order valence-electron chi connectivity index (χ4n) is 2.84. The van der Waals surface area contributed by atoms with E-state index in [2.05, 4.69) is 5.32 Å². The van der Waals surface area contributed by atoms with Crippen LogP contribution in [0.25, 0.3) is 0 Å². The molecular weight excluding hydrogens is 364 g/mol. The predicted octanol–water partition coefficient (Wildman–Crippen LogP) is 1.68. The third-order valence-electron chi connectivity index (χ3n) is 4.56. The second kappa shape index (κ2) is 9.96. The van der Waals surface area contributed by atoms with Crippen molar-refractivity contribution in [2.24, 2.45) is 5.92 Å². The average Bonchev–Trinajstić information content (AvgIpc) is 3.49. The van der Waals surface area contributed by atoms with E-state index < -0.39 is 12.0 Å². The Balaban J connectivity index is 1.88. The van der Waals surface area contributed by atoms with E-state index in [0.717, 1.165) is 12.8 Å². The Hall–Kier alpha value is -2.77. The van der Waals surface area contributed by atoms with Crippen molar-refractivity contribution in [1.82, 2.24) is 10.2 Å². The first-order chi connectivity index (χ1) is 13.3. The normalized spacial score (nSPS) is 14.3. The van der Waals surface area contributed by atoms with Crippen LogP contribution in [0.3, 0.4) is 0 Å². The van der Waals surface area contributed by atoms with Crippen LogP contribution in [-0.4, -0.2) is 60.1 Å². The molecule has 28 heavy (non-hydrogen) atoms. The lowest BCUT2D eigenvalue weighted by molar-refractivity contribution is -0.143. The van der Waals surface area contributed by atoms with Gasteiger partial charge in [-0.1, -0.05) is 26.0 Å². The third-order valence-corrected chi connectivity index (χ3v) is 4.56. The van der Waals surface area contributed by atoms with Crippen molar-refractivity contribution in [3.8, 4) is 11.5 Å². The van der Waals surface area contributed by atoms with E-state index in [0.29, 0.717) is 11.5 Å². The molecule has 1 aromatic rings. The van der Waals surface area contributed by atoms with Gasteiger partial charge in [0.2, 0.25) is 5.91 Å². The van der Waals surface area contributed by atoms with Crippen LogP contribution in [0.5, 0.6) is 11.5 Å². The van der Waals surface area contributed by atoms with E-state index in [1.54, 1.807) is 36.9 Å². The second-order valence-electron chi connectivity index (χ2n) is 7.14. The Labute approximate surface area is 164 Å². The minimum Gasteiger partial charge on any atom is -0.493 e. The molecule has 0 heterocycles. The highest BCUT2D eigenvalue weighted by Crippen LogP contribution is 2.28. The van der Waals surface area contributed by atoms with E-state index in [9.17, 15) is 19.5 Å². The molecular formula is C20H28N2O6. The summed E-state index contributed by atoms with van der Waals surface area (Å²) in [6.45, 7) is 3.54. The van der Waals surface area contributed by atoms with E-state index in [-0.39, 0.29) is 43.3 Å². The molecule has 1 atom stereocenters. The van der Waals surface area contributed by atoms with Crippen LogP contribution in [0.1, 0.15) is 33.1 Å². The lowest BCUT2D eigenvalue weighted by Crippen LogP contribution is -2.46. The zero-order valence-electron chi connectivity index (χ0n) is 16.5. The van der Waals surface area contributed by atoms with Gasteiger partial charge in [0.1, 0.15) is 6.04 Å². The lowest BCUT2D eigenvalue weighted by atomic mass is 10.0. The van der Waals surface area contributed by atoms with E-state index >= 15 is 0 Å². The molecule has 8 nitrogen and oxygen atoms in total. The maximum absolute atomic E-state index is 12.6. The summed E-state index contributed by atoms with van der Waals surface area (Å²) in [6, 6.07) is 6.24. The van der Waals surface area contributed by atoms with Gasteiger partial charge in [-0.25, -0.2) is 4.79 Å². The number of methoxy groups -OCH3 is 1. The van der Waals surface area contributed by atoms with Gasteiger partial charge >= 0.3 is 5.97 Å². The fraction of sp³-hybridized carbons (Fsp3) is 0.550. The van der Waals surface area contributed by atoms with E-state index in [1.807, 2.05) is 6.07 Å². The number of carbonyl (C=O) groups excluding carboxylic acids is 2. The van der Waals surface area contributed by atoms with Crippen molar-refractivity contribution < 1.29 is 29.0 Å². The summed E-state index contributed by atoms with van der Waals surface area (Å²) in [5.41, 5.74) is 0. The first-order valence-corrected chi connectivity index (χ1v) is 9.41. The first-order valence-electron chi connectivity index (χ1n) is 9.41. The van der Waals surface area contributed by atoms with Crippen molar-refractivity contribution in [2.75, 3.05) is 20.3 Å².